The first-order valence-electron chi connectivity index (χ1n) is 8.84. The zero-order valence-corrected chi connectivity index (χ0v) is 17.1. The Morgan fingerprint density at radius 2 is 1.81 bits per heavy atom. The molecule has 0 spiro atoms. The van der Waals surface area contributed by atoms with Crippen molar-refractivity contribution in [3.8, 4) is 0 Å². The van der Waals surface area contributed by atoms with Crippen LogP contribution in [0.1, 0.15) is 42.0 Å². The van der Waals surface area contributed by atoms with Crippen molar-refractivity contribution in [2.24, 2.45) is 5.92 Å². The van der Waals surface area contributed by atoms with Gasteiger partial charge < -0.3 is 19.4 Å². The van der Waals surface area contributed by atoms with Crippen LogP contribution in [-0.4, -0.2) is 21.3 Å². The first kappa shape index (κ1) is 19.2. The first-order valence-corrected chi connectivity index (χ1v) is 8.84. The van der Waals surface area contributed by atoms with Crippen molar-refractivity contribution >= 4 is 11.9 Å². The van der Waals surface area contributed by atoms with E-state index < -0.39 is 11.9 Å². The third kappa shape index (κ3) is 3.61. The number of aromatic nitrogens is 1. The van der Waals surface area contributed by atoms with Gasteiger partial charge in [0.25, 0.3) is 0 Å². The van der Waals surface area contributed by atoms with E-state index in [1.165, 1.54) is 0 Å². The third-order valence-corrected chi connectivity index (χ3v) is 5.54. The molecule has 0 aliphatic carbocycles. The number of hydrogen-bond donors (Lipinski definition) is 0. The maximum absolute atomic E-state index is 12.7. The van der Waals surface area contributed by atoms with E-state index in [0.29, 0.717) is 13.1 Å². The van der Waals surface area contributed by atoms with Gasteiger partial charge in [0.15, 0.2) is 0 Å². The maximum Gasteiger partial charge on any atom is 1.00 e. The minimum absolute atomic E-state index is 0. The summed E-state index contributed by atoms with van der Waals surface area (Å²) in [5.41, 5.74) is 3.30. The molecule has 2 aliphatic rings. The van der Waals surface area contributed by atoms with E-state index in [1.54, 1.807) is 4.90 Å². The summed E-state index contributed by atoms with van der Waals surface area (Å²) in [7, 11) is 0. The Morgan fingerprint density at radius 3 is 2.46 bits per heavy atom. The minimum Gasteiger partial charge on any atom is -0.550 e. The molecule has 0 radical (unpaired) electrons. The van der Waals surface area contributed by atoms with E-state index in [9.17, 15) is 14.7 Å². The summed E-state index contributed by atoms with van der Waals surface area (Å²) in [6.45, 7) is 2.04. The van der Waals surface area contributed by atoms with Crippen molar-refractivity contribution in [1.29, 1.82) is 0 Å². The Kier molecular flexibility index (Phi) is 5.90. The van der Waals surface area contributed by atoms with Gasteiger partial charge >= 0.3 is 29.6 Å². The van der Waals surface area contributed by atoms with Crippen molar-refractivity contribution in [3.63, 3.8) is 0 Å². The number of fused-ring (bicyclic) bond motifs is 2. The molecule has 1 unspecified atom stereocenters. The van der Waals surface area contributed by atoms with Crippen LogP contribution in [0.15, 0.2) is 42.6 Å². The van der Waals surface area contributed by atoms with E-state index in [-0.39, 0.29) is 47.8 Å². The van der Waals surface area contributed by atoms with Crippen molar-refractivity contribution in [1.82, 2.24) is 9.47 Å². The summed E-state index contributed by atoms with van der Waals surface area (Å²) < 4.78 is 2.10. The Labute approximate surface area is 175 Å². The van der Waals surface area contributed by atoms with Gasteiger partial charge in [-0.25, -0.2) is 0 Å². The molecular weight excluding hydrogens is 339 g/mol. The van der Waals surface area contributed by atoms with Crippen LogP contribution in [0.5, 0.6) is 0 Å². The summed E-state index contributed by atoms with van der Waals surface area (Å²) in [4.78, 5) is 26.3. The molecule has 26 heavy (non-hydrogen) atoms. The number of rotatable bonds is 4. The number of carboxylic acids is 1. The molecule has 0 saturated carbocycles. The van der Waals surface area contributed by atoms with Gasteiger partial charge in [0.1, 0.15) is 0 Å². The van der Waals surface area contributed by atoms with E-state index in [0.717, 1.165) is 36.2 Å². The van der Waals surface area contributed by atoms with Crippen molar-refractivity contribution < 1.29 is 44.3 Å². The smallest absolute Gasteiger partial charge is 0.550 e. The van der Waals surface area contributed by atoms with Crippen LogP contribution >= 0.6 is 0 Å². The molecule has 1 aromatic heterocycles. The van der Waals surface area contributed by atoms with Gasteiger partial charge in [-0.15, -0.1) is 0 Å². The van der Waals surface area contributed by atoms with E-state index in [1.807, 2.05) is 42.6 Å². The standard InChI is InChI=1S/C20H22N2O3.Na/c23-19(22-12-14-5-1-2-6-15(14)13-22)11-17(20(24)25)16-7-3-9-21-10-4-8-18(16)21;/h1-2,4-6,8,10,16-17H,3,7,9,11-13H2,(H,24,25);/q;+1/p-1/t16-,17?;/m1./s1. The second-order valence-corrected chi connectivity index (χ2v) is 7.02. The normalized spacial score (nSPS) is 19.2. The number of aliphatic carboxylic acids is 1. The van der Waals surface area contributed by atoms with Crippen LogP contribution in [0.25, 0.3) is 0 Å². The monoisotopic (exact) mass is 360 g/mol. The van der Waals surface area contributed by atoms with E-state index in [2.05, 4.69) is 4.57 Å². The van der Waals surface area contributed by atoms with Gasteiger partial charge in [0.2, 0.25) is 5.91 Å². The van der Waals surface area contributed by atoms with Crippen molar-refractivity contribution in [3.05, 3.63) is 59.4 Å². The molecule has 3 heterocycles. The molecule has 0 bridgehead atoms. The van der Waals surface area contributed by atoms with Crippen LogP contribution in [0, 0.1) is 5.92 Å². The SMILES string of the molecule is O=C([O-])C(CC(=O)N1Cc2ccccc2C1)[C@H]1CCCn2cccc21.[Na+]. The third-order valence-electron chi connectivity index (χ3n) is 5.54. The molecule has 2 atom stereocenters. The topological polar surface area (TPSA) is 65.4 Å². The van der Waals surface area contributed by atoms with Crippen LogP contribution in [0.3, 0.4) is 0 Å². The fraction of sp³-hybridized carbons (Fsp3) is 0.400. The van der Waals surface area contributed by atoms with Gasteiger partial charge in [-0.3, -0.25) is 4.79 Å². The molecule has 5 nitrogen and oxygen atoms in total. The number of aryl methyl sites for hydroxylation is 1. The molecule has 1 aromatic carbocycles. The van der Waals surface area contributed by atoms with Crippen molar-refractivity contribution in [2.45, 2.75) is 44.8 Å². The van der Waals surface area contributed by atoms with Crippen LogP contribution in [-0.2, 0) is 29.2 Å². The second-order valence-electron chi connectivity index (χ2n) is 7.02. The summed E-state index contributed by atoms with van der Waals surface area (Å²) in [5, 5.41) is 11.8. The molecule has 0 fully saturated rings. The number of benzene rings is 1. The Hall–Kier alpha value is -1.56. The molecule has 2 aromatic rings. The van der Waals surface area contributed by atoms with Gasteiger partial charge in [0.05, 0.1) is 0 Å². The van der Waals surface area contributed by atoms with E-state index in [4.69, 9.17) is 0 Å². The molecule has 2 aliphatic heterocycles. The fourth-order valence-corrected chi connectivity index (χ4v) is 4.22. The Morgan fingerprint density at radius 1 is 1.12 bits per heavy atom. The second kappa shape index (κ2) is 7.99. The Balaban J connectivity index is 0.00000196. The van der Waals surface area contributed by atoms with Crippen LogP contribution < -0.4 is 34.7 Å². The fourth-order valence-electron chi connectivity index (χ4n) is 4.22. The summed E-state index contributed by atoms with van der Waals surface area (Å²) in [5.74, 6) is -2.15. The van der Waals surface area contributed by atoms with Gasteiger partial charge in [-0.05, 0) is 36.1 Å². The van der Waals surface area contributed by atoms with Gasteiger partial charge in [-0.1, -0.05) is 24.3 Å². The predicted octanol–water partition coefficient (Wildman–Crippen LogP) is -1.33. The average molecular weight is 360 g/mol. The molecule has 4 rings (SSSR count). The predicted molar refractivity (Wildman–Crippen MR) is 90.2 cm³/mol. The Bertz CT molecular complexity index is 792. The van der Waals surface area contributed by atoms with Gasteiger partial charge in [0, 0.05) is 55.8 Å². The summed E-state index contributed by atoms with van der Waals surface area (Å²) >= 11 is 0. The van der Waals surface area contributed by atoms with E-state index >= 15 is 0 Å². The number of amides is 1. The number of carbonyl (C=O) groups is 2. The molecule has 130 valence electrons. The number of hydrogen-bond acceptors (Lipinski definition) is 3. The molecule has 0 N–H and O–H groups in total. The van der Waals surface area contributed by atoms with Crippen LogP contribution in [0.2, 0.25) is 0 Å². The largest absolute Gasteiger partial charge is 1.00 e. The average Bonchev–Trinajstić information content (AvgIpc) is 3.25. The molecular formula is C20H21N2NaO3. The summed E-state index contributed by atoms with van der Waals surface area (Å²) in [6, 6.07) is 11.9. The quantitative estimate of drug-likeness (QED) is 0.635. The van der Waals surface area contributed by atoms with Gasteiger partial charge in [-0.2, -0.15) is 0 Å². The maximum atomic E-state index is 12.7. The minimum atomic E-state index is -1.12. The molecule has 0 saturated heterocycles. The zero-order chi connectivity index (χ0) is 17.4. The number of carboxylic acid groups (broad SMARTS) is 1. The molecule has 1 amide bonds. The zero-order valence-electron chi connectivity index (χ0n) is 15.1. The first-order chi connectivity index (χ1) is 12.1. The number of carbonyl (C=O) groups excluding carboxylic acids is 2. The van der Waals surface area contributed by atoms with Crippen molar-refractivity contribution in [2.75, 3.05) is 0 Å². The number of nitrogens with zero attached hydrogens (tertiary/aromatic N) is 2. The van der Waals surface area contributed by atoms with Crippen LogP contribution in [0.4, 0.5) is 0 Å². The molecule has 6 heteroatoms. The summed E-state index contributed by atoms with van der Waals surface area (Å²) in [6.07, 6.45) is 3.70.